The number of hydrogen-bond donors (Lipinski definition) is 1. The SMILES string of the molecule is COc1ccc2c(c1)C(C)(C)C(/C=C/c1ccccc1O)=[N+]2CCCS(=O)(=O)[O-]. The maximum atomic E-state index is 11.1. The monoisotopic (exact) mass is 415 g/mol. The molecule has 1 aliphatic heterocycles. The summed E-state index contributed by atoms with van der Waals surface area (Å²) in [4.78, 5) is 0. The van der Waals surface area contributed by atoms with Crippen LogP contribution in [0.4, 0.5) is 5.69 Å². The van der Waals surface area contributed by atoms with Crippen LogP contribution in [0.2, 0.25) is 0 Å². The van der Waals surface area contributed by atoms with Gasteiger partial charge in [-0.05, 0) is 38.1 Å². The van der Waals surface area contributed by atoms with E-state index in [1.807, 2.05) is 47.1 Å². The summed E-state index contributed by atoms with van der Waals surface area (Å²) in [6, 6.07) is 12.8. The topological polar surface area (TPSA) is 89.7 Å². The normalized spacial score (nSPS) is 15.7. The standard InChI is InChI=1S/C22H25NO5S/c1-22(2)18-15-17(28-3)10-11-19(18)23(13-6-14-29(25,26)27)21(22)12-9-16-7-4-5-8-20(16)24/h4-5,7-12,15H,6,13-14H2,1-3H3,(H,25,26,27). The fraction of sp³-hybridized carbons (Fsp3) is 0.318. The van der Waals surface area contributed by atoms with Crippen LogP contribution >= 0.6 is 0 Å². The number of para-hydroxylation sites is 1. The molecule has 0 saturated carbocycles. The zero-order valence-electron chi connectivity index (χ0n) is 16.8. The van der Waals surface area contributed by atoms with E-state index in [9.17, 15) is 18.1 Å². The van der Waals surface area contributed by atoms with E-state index in [0.717, 1.165) is 22.7 Å². The largest absolute Gasteiger partial charge is 0.748 e. The number of aromatic hydroxyl groups is 1. The average molecular weight is 416 g/mol. The number of benzene rings is 2. The van der Waals surface area contributed by atoms with Gasteiger partial charge in [-0.3, -0.25) is 0 Å². The highest BCUT2D eigenvalue weighted by Crippen LogP contribution is 2.42. The van der Waals surface area contributed by atoms with Crippen LogP contribution in [0, 0.1) is 0 Å². The van der Waals surface area contributed by atoms with Crippen molar-refractivity contribution in [1.82, 2.24) is 0 Å². The molecule has 29 heavy (non-hydrogen) atoms. The number of methoxy groups -OCH3 is 1. The summed E-state index contributed by atoms with van der Waals surface area (Å²) in [7, 11) is -2.65. The average Bonchev–Trinajstić information content (AvgIpc) is 2.86. The van der Waals surface area contributed by atoms with E-state index in [4.69, 9.17) is 4.74 Å². The predicted molar refractivity (Wildman–Crippen MR) is 112 cm³/mol. The molecule has 0 fully saturated rings. The zero-order valence-corrected chi connectivity index (χ0v) is 17.6. The third kappa shape index (κ3) is 4.52. The Hall–Kier alpha value is -2.64. The number of rotatable bonds is 7. The molecule has 2 aromatic carbocycles. The number of ether oxygens (including phenoxy) is 1. The second kappa shape index (κ2) is 8.00. The van der Waals surface area contributed by atoms with Gasteiger partial charge in [0.05, 0.1) is 22.6 Å². The number of phenolic OH excluding ortho intramolecular Hbond substituents is 1. The van der Waals surface area contributed by atoms with Gasteiger partial charge in [-0.2, -0.15) is 4.58 Å². The Labute approximate surface area is 171 Å². The van der Waals surface area contributed by atoms with Gasteiger partial charge in [0.25, 0.3) is 0 Å². The molecule has 1 N–H and O–H groups in total. The highest BCUT2D eigenvalue weighted by atomic mass is 32.2. The molecule has 0 amide bonds. The molecule has 3 rings (SSSR count). The molecule has 2 aromatic rings. The third-order valence-electron chi connectivity index (χ3n) is 5.23. The van der Waals surface area contributed by atoms with Crippen LogP contribution in [-0.2, 0) is 15.5 Å². The quantitative estimate of drug-likeness (QED) is 0.553. The minimum Gasteiger partial charge on any atom is -0.748 e. The van der Waals surface area contributed by atoms with Gasteiger partial charge in [0.1, 0.15) is 18.0 Å². The van der Waals surface area contributed by atoms with Crippen LogP contribution in [0.25, 0.3) is 6.08 Å². The Balaban J connectivity index is 2.05. The van der Waals surface area contributed by atoms with E-state index in [2.05, 4.69) is 13.8 Å². The maximum Gasteiger partial charge on any atom is 0.210 e. The molecule has 0 bridgehead atoms. The molecule has 154 valence electrons. The minimum atomic E-state index is -4.27. The molecule has 0 spiro atoms. The van der Waals surface area contributed by atoms with Crippen molar-refractivity contribution in [2.24, 2.45) is 0 Å². The van der Waals surface area contributed by atoms with E-state index in [0.29, 0.717) is 12.1 Å². The molecule has 6 nitrogen and oxygen atoms in total. The summed E-state index contributed by atoms with van der Waals surface area (Å²) in [6.07, 6.45) is 4.00. The van der Waals surface area contributed by atoms with Gasteiger partial charge in [-0.1, -0.05) is 18.2 Å². The predicted octanol–water partition coefficient (Wildman–Crippen LogP) is 3.43. The summed E-state index contributed by atoms with van der Waals surface area (Å²) in [6.45, 7) is 4.56. The van der Waals surface area contributed by atoms with Gasteiger partial charge in [0.15, 0.2) is 5.71 Å². The summed E-state index contributed by atoms with van der Waals surface area (Å²) in [5.74, 6) is 0.513. The van der Waals surface area contributed by atoms with Crippen LogP contribution in [0.1, 0.15) is 31.4 Å². The minimum absolute atomic E-state index is 0.184. The smallest absolute Gasteiger partial charge is 0.210 e. The van der Waals surface area contributed by atoms with E-state index >= 15 is 0 Å². The van der Waals surface area contributed by atoms with Gasteiger partial charge in [0.2, 0.25) is 5.69 Å². The van der Waals surface area contributed by atoms with Crippen molar-refractivity contribution < 1.29 is 27.4 Å². The highest BCUT2D eigenvalue weighted by molar-refractivity contribution is 7.85. The van der Waals surface area contributed by atoms with Gasteiger partial charge in [0, 0.05) is 35.4 Å². The molecule has 0 atom stereocenters. The van der Waals surface area contributed by atoms with Crippen molar-refractivity contribution >= 4 is 27.6 Å². The van der Waals surface area contributed by atoms with E-state index < -0.39 is 15.9 Å². The lowest BCUT2D eigenvalue weighted by Gasteiger charge is -2.16. The van der Waals surface area contributed by atoms with Crippen LogP contribution < -0.4 is 4.74 Å². The van der Waals surface area contributed by atoms with Gasteiger partial charge in [-0.15, -0.1) is 0 Å². The summed E-state index contributed by atoms with van der Waals surface area (Å²) >= 11 is 0. The van der Waals surface area contributed by atoms with E-state index in [-0.39, 0.29) is 17.6 Å². The maximum absolute atomic E-state index is 11.1. The fourth-order valence-corrected chi connectivity index (χ4v) is 4.20. The molecule has 7 heteroatoms. The van der Waals surface area contributed by atoms with Gasteiger partial charge < -0.3 is 14.4 Å². The van der Waals surface area contributed by atoms with Crippen molar-refractivity contribution in [2.75, 3.05) is 19.4 Å². The molecule has 0 radical (unpaired) electrons. The Morgan fingerprint density at radius 1 is 1.17 bits per heavy atom. The Morgan fingerprint density at radius 3 is 2.55 bits per heavy atom. The fourth-order valence-electron chi connectivity index (χ4n) is 3.72. The van der Waals surface area contributed by atoms with Crippen molar-refractivity contribution in [3.8, 4) is 11.5 Å². The highest BCUT2D eigenvalue weighted by Gasteiger charge is 2.44. The number of allylic oxidation sites excluding steroid dienone is 1. The Morgan fingerprint density at radius 2 is 1.90 bits per heavy atom. The van der Waals surface area contributed by atoms with Gasteiger partial charge >= 0.3 is 0 Å². The van der Waals surface area contributed by atoms with E-state index in [1.165, 1.54) is 0 Å². The van der Waals surface area contributed by atoms with Gasteiger partial charge in [-0.25, -0.2) is 8.42 Å². The molecule has 0 aliphatic carbocycles. The summed E-state index contributed by atoms with van der Waals surface area (Å²) in [5, 5.41) is 10.1. The first kappa shape index (κ1) is 21.1. The lowest BCUT2D eigenvalue weighted by molar-refractivity contribution is -0.437. The number of hydrogen-bond acceptors (Lipinski definition) is 5. The number of fused-ring (bicyclic) bond motifs is 1. The third-order valence-corrected chi connectivity index (χ3v) is 6.02. The summed E-state index contributed by atoms with van der Waals surface area (Å²) in [5.41, 5.74) is 3.27. The van der Waals surface area contributed by atoms with Crippen LogP contribution in [0.3, 0.4) is 0 Å². The first-order valence-electron chi connectivity index (χ1n) is 9.36. The Kier molecular flexibility index (Phi) is 5.82. The lowest BCUT2D eigenvalue weighted by Crippen LogP contribution is -2.28. The second-order valence-electron chi connectivity index (χ2n) is 7.55. The molecule has 0 saturated heterocycles. The van der Waals surface area contributed by atoms with Crippen LogP contribution in [0.5, 0.6) is 11.5 Å². The first-order valence-corrected chi connectivity index (χ1v) is 10.9. The molecule has 1 heterocycles. The van der Waals surface area contributed by atoms with Crippen molar-refractivity contribution in [1.29, 1.82) is 0 Å². The first-order chi connectivity index (χ1) is 13.6. The number of nitrogens with zero attached hydrogens (tertiary/aromatic N) is 1. The van der Waals surface area contributed by atoms with Crippen LogP contribution in [-0.4, -0.2) is 47.8 Å². The molecular formula is C22H25NO5S. The molecule has 1 aliphatic rings. The summed E-state index contributed by atoms with van der Waals surface area (Å²) < 4.78 is 40.6. The molecule has 0 unspecified atom stereocenters. The van der Waals surface area contributed by atoms with Crippen LogP contribution in [0.15, 0.2) is 48.5 Å². The van der Waals surface area contributed by atoms with Crippen molar-refractivity contribution in [3.63, 3.8) is 0 Å². The second-order valence-corrected chi connectivity index (χ2v) is 9.08. The molecular weight excluding hydrogens is 390 g/mol. The van der Waals surface area contributed by atoms with Crippen molar-refractivity contribution in [3.05, 3.63) is 59.7 Å². The number of phenols is 1. The Bertz CT molecular complexity index is 1080. The molecule has 0 aromatic heterocycles. The van der Waals surface area contributed by atoms with E-state index in [1.54, 1.807) is 19.2 Å². The zero-order chi connectivity index (χ0) is 21.2. The lowest BCUT2D eigenvalue weighted by atomic mass is 9.81. The van der Waals surface area contributed by atoms with Crippen molar-refractivity contribution in [2.45, 2.75) is 25.7 Å².